The molecule has 4 fully saturated rings. The summed E-state index contributed by atoms with van der Waals surface area (Å²) in [4.78, 5) is 0. The second-order valence-electron chi connectivity index (χ2n) is 7.32. The van der Waals surface area contributed by atoms with E-state index in [1.165, 1.54) is 32.1 Å². The highest BCUT2D eigenvalue weighted by Crippen LogP contribution is 2.57. The zero-order chi connectivity index (χ0) is 13.0. The first-order valence-electron chi connectivity index (χ1n) is 7.99. The molecule has 1 heterocycles. The predicted octanol–water partition coefficient (Wildman–Crippen LogP) is 3.24. The Morgan fingerprint density at radius 2 is 1.79 bits per heavy atom. The molecular formula is C16H25N3. The highest BCUT2D eigenvalue weighted by Gasteiger charge is 2.47. The van der Waals surface area contributed by atoms with Crippen LogP contribution in [0.1, 0.15) is 44.2 Å². The van der Waals surface area contributed by atoms with Crippen LogP contribution in [0, 0.1) is 36.5 Å². The number of aryl methyl sites for hydroxylation is 2. The van der Waals surface area contributed by atoms with E-state index in [1.807, 2.05) is 17.7 Å². The molecule has 1 aromatic rings. The average molecular weight is 259 g/mol. The molecule has 2 N–H and O–H groups in total. The number of nitrogen functional groups attached to an aromatic ring is 1. The molecule has 1 aromatic heterocycles. The molecule has 0 spiro atoms. The molecule has 19 heavy (non-hydrogen) atoms. The Morgan fingerprint density at radius 1 is 1.16 bits per heavy atom. The zero-order valence-corrected chi connectivity index (χ0v) is 11.9. The van der Waals surface area contributed by atoms with E-state index in [4.69, 9.17) is 5.73 Å². The fraction of sp³-hybridized carbons (Fsp3) is 0.812. The van der Waals surface area contributed by atoms with Crippen molar-refractivity contribution in [2.75, 3.05) is 5.73 Å². The Kier molecular flexibility index (Phi) is 2.64. The van der Waals surface area contributed by atoms with Crippen LogP contribution in [0.15, 0.2) is 6.07 Å². The van der Waals surface area contributed by atoms with Gasteiger partial charge in [0.2, 0.25) is 0 Å². The Hall–Kier alpha value is -0.990. The van der Waals surface area contributed by atoms with Crippen molar-refractivity contribution in [3.8, 4) is 0 Å². The van der Waals surface area contributed by atoms with Gasteiger partial charge in [0, 0.05) is 12.6 Å². The molecular weight excluding hydrogens is 234 g/mol. The topological polar surface area (TPSA) is 43.8 Å². The first kappa shape index (κ1) is 11.8. The maximum absolute atomic E-state index is 6.00. The van der Waals surface area contributed by atoms with Gasteiger partial charge in [0.15, 0.2) is 0 Å². The Bertz CT molecular complexity index is 448. The van der Waals surface area contributed by atoms with Crippen molar-refractivity contribution in [1.82, 2.24) is 9.78 Å². The molecule has 0 radical (unpaired) electrons. The molecule has 0 unspecified atom stereocenters. The first-order chi connectivity index (χ1) is 9.19. The van der Waals surface area contributed by atoms with Crippen LogP contribution in [-0.4, -0.2) is 9.78 Å². The molecule has 0 saturated heterocycles. The van der Waals surface area contributed by atoms with Gasteiger partial charge in [-0.05, 0) is 75.0 Å². The minimum atomic E-state index is 0.835. The SMILES string of the molecule is Cc1cc(N)n(CCC2C3CC4CC(C3)CC2C4)n1. The van der Waals surface area contributed by atoms with E-state index in [1.54, 1.807) is 6.42 Å². The highest BCUT2D eigenvalue weighted by atomic mass is 15.3. The van der Waals surface area contributed by atoms with E-state index >= 15 is 0 Å². The summed E-state index contributed by atoms with van der Waals surface area (Å²) < 4.78 is 2.01. The van der Waals surface area contributed by atoms with E-state index in [9.17, 15) is 0 Å². The van der Waals surface area contributed by atoms with Crippen LogP contribution in [0.4, 0.5) is 5.82 Å². The third-order valence-electron chi connectivity index (χ3n) is 6.03. The summed E-state index contributed by atoms with van der Waals surface area (Å²) in [7, 11) is 0. The summed E-state index contributed by atoms with van der Waals surface area (Å²) in [6.45, 7) is 3.04. The van der Waals surface area contributed by atoms with Crippen molar-refractivity contribution in [2.24, 2.45) is 29.6 Å². The lowest BCUT2D eigenvalue weighted by Gasteiger charge is -2.54. The predicted molar refractivity (Wildman–Crippen MR) is 76.5 cm³/mol. The molecule has 0 atom stereocenters. The Morgan fingerprint density at radius 3 is 2.32 bits per heavy atom. The molecule has 104 valence electrons. The fourth-order valence-corrected chi connectivity index (χ4v) is 5.53. The van der Waals surface area contributed by atoms with Gasteiger partial charge in [0.05, 0.1) is 5.69 Å². The largest absolute Gasteiger partial charge is 0.384 e. The second-order valence-corrected chi connectivity index (χ2v) is 7.32. The lowest BCUT2D eigenvalue weighted by Crippen LogP contribution is -2.45. The summed E-state index contributed by atoms with van der Waals surface area (Å²) in [5.74, 6) is 5.99. The van der Waals surface area contributed by atoms with Crippen LogP contribution in [0.25, 0.3) is 0 Å². The minimum absolute atomic E-state index is 0.835. The number of hydrogen-bond acceptors (Lipinski definition) is 2. The van der Waals surface area contributed by atoms with Gasteiger partial charge in [-0.1, -0.05) is 0 Å². The van der Waals surface area contributed by atoms with E-state index < -0.39 is 0 Å². The monoisotopic (exact) mass is 259 g/mol. The number of nitrogens with two attached hydrogens (primary N) is 1. The molecule has 4 saturated carbocycles. The molecule has 3 nitrogen and oxygen atoms in total. The summed E-state index contributed by atoms with van der Waals surface area (Å²) in [6.07, 6.45) is 8.91. The maximum Gasteiger partial charge on any atom is 0.121 e. The lowest BCUT2D eigenvalue weighted by molar-refractivity contribution is -0.0413. The van der Waals surface area contributed by atoms with E-state index in [2.05, 4.69) is 5.10 Å². The van der Waals surface area contributed by atoms with Crippen LogP contribution in [-0.2, 0) is 6.54 Å². The van der Waals surface area contributed by atoms with Gasteiger partial charge in [-0.3, -0.25) is 0 Å². The quantitative estimate of drug-likeness (QED) is 0.905. The third-order valence-corrected chi connectivity index (χ3v) is 6.03. The van der Waals surface area contributed by atoms with Crippen LogP contribution in [0.2, 0.25) is 0 Å². The standard InChI is InChI=1S/C16H25N3/c1-10-4-16(17)19(18-10)3-2-15-13-6-11-5-12(8-13)9-14(15)7-11/h4,11-15H,2-3,5-9,17H2,1H3. The van der Waals surface area contributed by atoms with Crippen LogP contribution in [0.3, 0.4) is 0 Å². The van der Waals surface area contributed by atoms with E-state index in [0.717, 1.165) is 47.6 Å². The summed E-state index contributed by atoms with van der Waals surface area (Å²) >= 11 is 0. The maximum atomic E-state index is 6.00. The zero-order valence-electron chi connectivity index (χ0n) is 11.9. The first-order valence-corrected chi connectivity index (χ1v) is 7.99. The number of aromatic nitrogens is 2. The van der Waals surface area contributed by atoms with Crippen LogP contribution < -0.4 is 5.73 Å². The summed E-state index contributed by atoms with van der Waals surface area (Å²) in [5, 5.41) is 4.50. The molecule has 0 aromatic carbocycles. The number of anilines is 1. The van der Waals surface area contributed by atoms with Crippen molar-refractivity contribution >= 4 is 5.82 Å². The number of hydrogen-bond donors (Lipinski definition) is 1. The Labute approximate surface area is 115 Å². The third kappa shape index (κ3) is 1.98. The lowest BCUT2D eigenvalue weighted by atomic mass is 9.51. The molecule has 0 amide bonds. The Balaban J connectivity index is 1.44. The van der Waals surface area contributed by atoms with Gasteiger partial charge in [-0.15, -0.1) is 0 Å². The molecule has 0 aliphatic heterocycles. The summed E-state index contributed by atoms with van der Waals surface area (Å²) in [6, 6.07) is 1.98. The second kappa shape index (κ2) is 4.26. The van der Waals surface area contributed by atoms with Crippen molar-refractivity contribution in [3.05, 3.63) is 11.8 Å². The van der Waals surface area contributed by atoms with Crippen LogP contribution in [0.5, 0.6) is 0 Å². The van der Waals surface area contributed by atoms with Gasteiger partial charge in [-0.2, -0.15) is 5.10 Å². The van der Waals surface area contributed by atoms with Gasteiger partial charge in [0.25, 0.3) is 0 Å². The van der Waals surface area contributed by atoms with E-state index in [0.29, 0.717) is 0 Å². The molecule has 5 rings (SSSR count). The molecule has 3 heteroatoms. The van der Waals surface area contributed by atoms with Gasteiger partial charge in [0.1, 0.15) is 5.82 Å². The van der Waals surface area contributed by atoms with Crippen LogP contribution >= 0.6 is 0 Å². The normalized spacial score (nSPS) is 39.9. The van der Waals surface area contributed by atoms with Crippen molar-refractivity contribution < 1.29 is 0 Å². The van der Waals surface area contributed by atoms with Crippen molar-refractivity contribution in [2.45, 2.75) is 52.0 Å². The fourth-order valence-electron chi connectivity index (χ4n) is 5.53. The molecule has 4 aliphatic rings. The van der Waals surface area contributed by atoms with E-state index in [-0.39, 0.29) is 0 Å². The van der Waals surface area contributed by atoms with Gasteiger partial charge < -0.3 is 5.73 Å². The van der Waals surface area contributed by atoms with Gasteiger partial charge >= 0.3 is 0 Å². The molecule has 4 bridgehead atoms. The smallest absolute Gasteiger partial charge is 0.121 e. The summed E-state index contributed by atoms with van der Waals surface area (Å²) in [5.41, 5.74) is 7.05. The number of nitrogens with zero attached hydrogens (tertiary/aromatic N) is 2. The average Bonchev–Trinajstić information content (AvgIpc) is 2.66. The van der Waals surface area contributed by atoms with Gasteiger partial charge in [-0.25, -0.2) is 4.68 Å². The highest BCUT2D eigenvalue weighted by molar-refractivity contribution is 5.30. The van der Waals surface area contributed by atoms with Crippen molar-refractivity contribution in [3.63, 3.8) is 0 Å². The van der Waals surface area contributed by atoms with Crippen molar-refractivity contribution in [1.29, 1.82) is 0 Å². The molecule has 4 aliphatic carbocycles. The minimum Gasteiger partial charge on any atom is -0.384 e. The number of rotatable bonds is 3.